The molecule has 1 atom stereocenters. The highest BCUT2D eigenvalue weighted by Gasteiger charge is 2.37. The molecule has 33 heavy (non-hydrogen) atoms. The van der Waals surface area contributed by atoms with E-state index >= 15 is 0 Å². The van der Waals surface area contributed by atoms with Crippen molar-refractivity contribution in [3.63, 3.8) is 0 Å². The van der Waals surface area contributed by atoms with Crippen LogP contribution in [-0.4, -0.2) is 50.7 Å². The van der Waals surface area contributed by atoms with Crippen molar-refractivity contribution >= 4 is 23.4 Å². The quantitative estimate of drug-likeness (QED) is 0.207. The summed E-state index contributed by atoms with van der Waals surface area (Å²) >= 11 is 0. The average molecular weight is 450 g/mol. The standard InChI is InChI=1S/C21H18N6O6/c22-17(28)9-24-20(23)11-2-5-16-13(8-11)14(10-33-16)18-12(21(29)30)3-4-15(19(18)27(31)32)26-7-1-6-25-26/h1-8,14H,9-10H2,(H2,22,28)(H2,23,24)(H,29,30). The molecule has 4 rings (SSSR count). The van der Waals surface area contributed by atoms with Crippen molar-refractivity contribution in [1.82, 2.24) is 9.78 Å². The Kier molecular flexibility index (Phi) is 5.48. The van der Waals surface area contributed by atoms with Crippen LogP contribution in [0, 0.1) is 10.1 Å². The molecule has 1 aliphatic rings. The fourth-order valence-electron chi connectivity index (χ4n) is 3.79. The van der Waals surface area contributed by atoms with Crippen LogP contribution in [0.25, 0.3) is 5.69 Å². The average Bonchev–Trinajstić information content (AvgIpc) is 3.45. The number of primary amides is 1. The topological polar surface area (TPSA) is 189 Å². The van der Waals surface area contributed by atoms with Crippen LogP contribution in [0.4, 0.5) is 5.69 Å². The molecule has 0 spiro atoms. The van der Waals surface area contributed by atoms with Gasteiger partial charge in [-0.3, -0.25) is 19.9 Å². The van der Waals surface area contributed by atoms with Crippen LogP contribution >= 0.6 is 0 Å². The number of nitrogens with zero attached hydrogens (tertiary/aromatic N) is 4. The largest absolute Gasteiger partial charge is 0.492 e. The second-order valence-corrected chi connectivity index (χ2v) is 7.19. The van der Waals surface area contributed by atoms with Crippen molar-refractivity contribution < 1.29 is 24.4 Å². The number of carboxylic acids is 1. The number of hydrogen-bond donors (Lipinski definition) is 3. The molecule has 12 nitrogen and oxygen atoms in total. The molecule has 0 aliphatic carbocycles. The van der Waals surface area contributed by atoms with Crippen LogP contribution in [0.5, 0.6) is 5.75 Å². The molecule has 1 aliphatic heterocycles. The number of carbonyl (C=O) groups excluding carboxylic acids is 1. The number of aromatic carboxylic acids is 1. The van der Waals surface area contributed by atoms with E-state index in [-0.39, 0.29) is 41.5 Å². The molecule has 5 N–H and O–H groups in total. The summed E-state index contributed by atoms with van der Waals surface area (Å²) in [6.45, 7) is -0.315. The van der Waals surface area contributed by atoms with E-state index in [9.17, 15) is 24.8 Å². The van der Waals surface area contributed by atoms with Crippen LogP contribution in [0.15, 0.2) is 53.8 Å². The Morgan fingerprint density at radius 1 is 1.30 bits per heavy atom. The number of fused-ring (bicyclic) bond motifs is 1. The Labute approximate surface area is 186 Å². The zero-order valence-corrected chi connectivity index (χ0v) is 17.0. The van der Waals surface area contributed by atoms with E-state index in [1.165, 1.54) is 29.2 Å². The number of amides is 1. The minimum Gasteiger partial charge on any atom is -0.492 e. The molecule has 1 unspecified atom stereocenters. The first-order valence-corrected chi connectivity index (χ1v) is 9.68. The molecule has 12 heteroatoms. The molecule has 0 saturated carbocycles. The number of carboxylic acid groups (broad SMARTS) is 1. The molecular weight excluding hydrogens is 432 g/mol. The van der Waals surface area contributed by atoms with Crippen molar-refractivity contribution in [2.45, 2.75) is 5.92 Å². The number of aliphatic imine (C=N–C) groups is 1. The maximum absolute atomic E-state index is 12.2. The van der Waals surface area contributed by atoms with Crippen molar-refractivity contribution in [3.05, 3.63) is 81.2 Å². The van der Waals surface area contributed by atoms with Crippen LogP contribution in [0.2, 0.25) is 0 Å². The SMILES string of the molecule is NC(=O)CN=C(N)c1ccc2c(c1)C(c1c(C(=O)O)ccc(-n3cccn3)c1[N+](=O)[O-])CO2. The maximum atomic E-state index is 12.2. The first kappa shape index (κ1) is 21.5. The minimum atomic E-state index is -1.31. The summed E-state index contributed by atoms with van der Waals surface area (Å²) in [6, 6.07) is 9.10. The van der Waals surface area contributed by atoms with Crippen LogP contribution in [0.3, 0.4) is 0 Å². The fraction of sp³-hybridized carbons (Fsp3) is 0.143. The summed E-state index contributed by atoms with van der Waals surface area (Å²) < 4.78 is 7.01. The van der Waals surface area contributed by atoms with E-state index in [1.807, 2.05) is 0 Å². The lowest BCUT2D eigenvalue weighted by atomic mass is 9.87. The number of nitrogens with two attached hydrogens (primary N) is 2. The lowest BCUT2D eigenvalue weighted by molar-refractivity contribution is -0.385. The molecule has 0 saturated heterocycles. The Morgan fingerprint density at radius 2 is 2.09 bits per heavy atom. The van der Waals surface area contributed by atoms with E-state index in [1.54, 1.807) is 24.3 Å². The first-order valence-electron chi connectivity index (χ1n) is 9.68. The van der Waals surface area contributed by atoms with Crippen LogP contribution in [-0.2, 0) is 4.79 Å². The van der Waals surface area contributed by atoms with Gasteiger partial charge in [0, 0.05) is 23.5 Å². The van der Waals surface area contributed by atoms with Gasteiger partial charge in [-0.05, 0) is 36.4 Å². The molecule has 2 heterocycles. The molecule has 168 valence electrons. The summed E-state index contributed by atoms with van der Waals surface area (Å²) in [5.41, 5.74) is 11.5. The number of rotatable bonds is 7. The second kappa shape index (κ2) is 8.42. The number of nitro benzene ring substituents is 1. The molecule has 2 aromatic carbocycles. The van der Waals surface area contributed by atoms with E-state index in [2.05, 4.69) is 10.1 Å². The zero-order valence-electron chi connectivity index (χ0n) is 17.0. The molecule has 0 radical (unpaired) electrons. The first-order chi connectivity index (χ1) is 15.8. The van der Waals surface area contributed by atoms with Gasteiger partial charge in [-0.1, -0.05) is 0 Å². The second-order valence-electron chi connectivity index (χ2n) is 7.19. The third-order valence-electron chi connectivity index (χ3n) is 5.20. The Hall–Kier alpha value is -4.74. The predicted octanol–water partition coefficient (Wildman–Crippen LogP) is 1.19. The van der Waals surface area contributed by atoms with Gasteiger partial charge in [0.25, 0.3) is 5.69 Å². The molecule has 0 fully saturated rings. The van der Waals surface area contributed by atoms with Crippen LogP contribution < -0.4 is 16.2 Å². The molecular formula is C21H18N6O6. The van der Waals surface area contributed by atoms with Gasteiger partial charge >= 0.3 is 5.97 Å². The van der Waals surface area contributed by atoms with Gasteiger partial charge in [0.15, 0.2) is 0 Å². The van der Waals surface area contributed by atoms with Crippen molar-refractivity contribution in [3.8, 4) is 11.4 Å². The molecule has 0 bridgehead atoms. The minimum absolute atomic E-state index is 0.0101. The van der Waals surface area contributed by atoms with Gasteiger partial charge in [-0.25, -0.2) is 9.48 Å². The third-order valence-corrected chi connectivity index (χ3v) is 5.20. The zero-order chi connectivity index (χ0) is 23.7. The number of benzene rings is 2. The lowest BCUT2D eigenvalue weighted by Crippen LogP contribution is -2.20. The monoisotopic (exact) mass is 450 g/mol. The highest BCUT2D eigenvalue weighted by Crippen LogP contribution is 2.45. The fourth-order valence-corrected chi connectivity index (χ4v) is 3.79. The summed E-state index contributed by atoms with van der Waals surface area (Å²) in [6.07, 6.45) is 2.99. The van der Waals surface area contributed by atoms with Crippen molar-refractivity contribution in [2.24, 2.45) is 16.5 Å². The predicted molar refractivity (Wildman–Crippen MR) is 116 cm³/mol. The summed E-state index contributed by atoms with van der Waals surface area (Å²) in [5.74, 6) is -2.27. The smallest absolute Gasteiger partial charge is 0.336 e. The number of carbonyl (C=O) groups is 2. The summed E-state index contributed by atoms with van der Waals surface area (Å²) in [7, 11) is 0. The highest BCUT2D eigenvalue weighted by atomic mass is 16.6. The number of nitro groups is 1. The number of ether oxygens (including phenoxy) is 1. The molecule has 1 aromatic heterocycles. The van der Waals surface area contributed by atoms with Crippen molar-refractivity contribution in [2.75, 3.05) is 13.2 Å². The Bertz CT molecular complexity index is 1300. The Morgan fingerprint density at radius 3 is 2.73 bits per heavy atom. The van der Waals surface area contributed by atoms with Crippen LogP contribution in [0.1, 0.15) is 33.0 Å². The Balaban J connectivity index is 1.91. The van der Waals surface area contributed by atoms with E-state index in [0.29, 0.717) is 16.9 Å². The van der Waals surface area contributed by atoms with E-state index in [0.717, 1.165) is 0 Å². The highest BCUT2D eigenvalue weighted by molar-refractivity contribution is 5.99. The lowest BCUT2D eigenvalue weighted by Gasteiger charge is -2.16. The van der Waals surface area contributed by atoms with Gasteiger partial charge in [0.05, 0.1) is 28.6 Å². The molecule has 3 aromatic rings. The number of hydrogen-bond acceptors (Lipinski definition) is 7. The normalized spacial score (nSPS) is 15.0. The number of aromatic nitrogens is 2. The van der Waals surface area contributed by atoms with Crippen molar-refractivity contribution in [1.29, 1.82) is 0 Å². The molecule has 1 amide bonds. The summed E-state index contributed by atoms with van der Waals surface area (Å²) in [4.78, 5) is 38.5. The van der Waals surface area contributed by atoms with Gasteiger partial charge < -0.3 is 21.3 Å². The number of amidine groups is 1. The van der Waals surface area contributed by atoms with Gasteiger partial charge in [0.2, 0.25) is 5.91 Å². The third kappa shape index (κ3) is 3.96. The summed E-state index contributed by atoms with van der Waals surface area (Å²) in [5, 5.41) is 26.0. The van der Waals surface area contributed by atoms with E-state index in [4.69, 9.17) is 16.2 Å². The van der Waals surface area contributed by atoms with E-state index < -0.39 is 22.7 Å². The van der Waals surface area contributed by atoms with Gasteiger partial charge in [0.1, 0.15) is 23.8 Å². The maximum Gasteiger partial charge on any atom is 0.336 e. The van der Waals surface area contributed by atoms with Gasteiger partial charge in [-0.15, -0.1) is 0 Å². The van der Waals surface area contributed by atoms with Gasteiger partial charge in [-0.2, -0.15) is 5.10 Å².